The van der Waals surface area contributed by atoms with E-state index in [2.05, 4.69) is 22.2 Å². The third-order valence-corrected chi connectivity index (χ3v) is 3.79. The second-order valence-corrected chi connectivity index (χ2v) is 5.46. The maximum Gasteiger partial charge on any atom is 0.283 e. The first-order valence-corrected chi connectivity index (χ1v) is 6.81. The molecule has 2 heterocycles. The molecular formula is C14H22N4O2. The predicted octanol–water partition coefficient (Wildman–Crippen LogP) is 0.686. The van der Waals surface area contributed by atoms with Crippen LogP contribution in [0.15, 0.2) is 18.2 Å². The zero-order valence-corrected chi connectivity index (χ0v) is 12.1. The van der Waals surface area contributed by atoms with Gasteiger partial charge in [-0.3, -0.25) is 15.1 Å². The summed E-state index contributed by atoms with van der Waals surface area (Å²) in [5, 5.41) is 0. The van der Waals surface area contributed by atoms with Crippen LogP contribution >= 0.6 is 0 Å². The summed E-state index contributed by atoms with van der Waals surface area (Å²) in [6.07, 6.45) is 2.18. The minimum absolute atomic E-state index is 0.0928. The van der Waals surface area contributed by atoms with Gasteiger partial charge in [-0.2, -0.15) is 0 Å². The van der Waals surface area contributed by atoms with E-state index in [0.717, 1.165) is 31.6 Å². The first-order chi connectivity index (χ1) is 9.56. The fourth-order valence-corrected chi connectivity index (χ4v) is 2.61. The molecule has 6 nitrogen and oxygen atoms in total. The summed E-state index contributed by atoms with van der Waals surface area (Å²) in [6.45, 7) is 4.74. The number of carbonyl (C=O) groups excluding carboxylic acids is 1. The molecule has 2 rings (SSSR count). The number of nitrogens with one attached hydrogen (secondary N) is 1. The number of nitrogens with zero attached hydrogens (tertiary/aromatic N) is 2. The number of hydrazine groups is 1. The summed E-state index contributed by atoms with van der Waals surface area (Å²) in [5.74, 6) is 4.76. The first-order valence-electron chi connectivity index (χ1n) is 6.81. The van der Waals surface area contributed by atoms with E-state index in [1.54, 1.807) is 13.2 Å². The average Bonchev–Trinajstić information content (AvgIpc) is 2.47. The lowest BCUT2D eigenvalue weighted by Crippen LogP contribution is -2.47. The van der Waals surface area contributed by atoms with Crippen LogP contribution in [0.5, 0.6) is 0 Å². The van der Waals surface area contributed by atoms with Crippen molar-refractivity contribution in [3.8, 4) is 0 Å². The van der Waals surface area contributed by atoms with Gasteiger partial charge in [-0.15, -0.1) is 0 Å². The van der Waals surface area contributed by atoms with Crippen molar-refractivity contribution < 1.29 is 9.53 Å². The Labute approximate surface area is 119 Å². The van der Waals surface area contributed by atoms with Gasteiger partial charge in [-0.1, -0.05) is 6.07 Å². The van der Waals surface area contributed by atoms with Crippen LogP contribution in [-0.2, 0) is 11.3 Å². The normalized spacial score (nSPS) is 23.6. The van der Waals surface area contributed by atoms with Gasteiger partial charge in [-0.25, -0.2) is 10.8 Å². The van der Waals surface area contributed by atoms with E-state index in [1.807, 2.05) is 12.1 Å². The number of hydrogen-bond donors (Lipinski definition) is 2. The van der Waals surface area contributed by atoms with Crippen LogP contribution in [0.1, 0.15) is 35.9 Å². The Hall–Kier alpha value is -1.50. The highest BCUT2D eigenvalue weighted by Crippen LogP contribution is 2.24. The Morgan fingerprint density at radius 2 is 2.40 bits per heavy atom. The van der Waals surface area contributed by atoms with Gasteiger partial charge >= 0.3 is 0 Å². The number of amides is 1. The van der Waals surface area contributed by atoms with Crippen LogP contribution in [0.3, 0.4) is 0 Å². The molecule has 1 fully saturated rings. The molecule has 0 radical (unpaired) electrons. The highest BCUT2D eigenvalue weighted by atomic mass is 16.5. The third-order valence-electron chi connectivity index (χ3n) is 3.79. The number of aromatic nitrogens is 1. The molecule has 1 atom stereocenters. The highest BCUT2D eigenvalue weighted by Gasteiger charge is 2.30. The molecule has 1 amide bonds. The Kier molecular flexibility index (Phi) is 4.69. The van der Waals surface area contributed by atoms with Crippen molar-refractivity contribution in [1.29, 1.82) is 0 Å². The standard InChI is InChI=1S/C14H22N4O2/c1-14(20-2)7-4-8-18(10-14)9-11-5-3-6-12(16-11)13(19)17-15/h3,5-6H,4,7-10,15H2,1-2H3,(H,17,19). The quantitative estimate of drug-likeness (QED) is 0.481. The van der Waals surface area contributed by atoms with Gasteiger partial charge in [0, 0.05) is 20.2 Å². The van der Waals surface area contributed by atoms with Crippen LogP contribution < -0.4 is 11.3 Å². The van der Waals surface area contributed by atoms with E-state index >= 15 is 0 Å². The van der Waals surface area contributed by atoms with Gasteiger partial charge in [-0.05, 0) is 38.4 Å². The summed E-state index contributed by atoms with van der Waals surface area (Å²) in [4.78, 5) is 18.1. The van der Waals surface area contributed by atoms with E-state index in [-0.39, 0.29) is 11.5 Å². The van der Waals surface area contributed by atoms with Crippen LogP contribution in [-0.4, -0.2) is 41.6 Å². The topological polar surface area (TPSA) is 80.5 Å². The molecule has 1 aromatic heterocycles. The molecule has 3 N–H and O–H groups in total. The monoisotopic (exact) mass is 278 g/mol. The van der Waals surface area contributed by atoms with Gasteiger partial charge in [0.25, 0.3) is 5.91 Å². The van der Waals surface area contributed by atoms with Crippen LogP contribution in [0.25, 0.3) is 0 Å². The summed E-state index contributed by atoms with van der Waals surface area (Å²) in [5.41, 5.74) is 3.22. The summed E-state index contributed by atoms with van der Waals surface area (Å²) in [6, 6.07) is 5.40. The van der Waals surface area contributed by atoms with Crippen LogP contribution in [0.2, 0.25) is 0 Å². The van der Waals surface area contributed by atoms with Crippen molar-refractivity contribution in [3.63, 3.8) is 0 Å². The molecule has 1 aliphatic rings. The second kappa shape index (κ2) is 6.30. The number of methoxy groups -OCH3 is 1. The molecular weight excluding hydrogens is 256 g/mol. The Morgan fingerprint density at radius 1 is 1.60 bits per heavy atom. The minimum Gasteiger partial charge on any atom is -0.377 e. The number of nitrogens with two attached hydrogens (primary N) is 1. The van der Waals surface area contributed by atoms with Crippen molar-refractivity contribution in [2.24, 2.45) is 5.84 Å². The number of rotatable bonds is 4. The van der Waals surface area contributed by atoms with Gasteiger partial charge in [0.15, 0.2) is 0 Å². The van der Waals surface area contributed by atoms with Crippen molar-refractivity contribution in [3.05, 3.63) is 29.6 Å². The van der Waals surface area contributed by atoms with Gasteiger partial charge in [0.1, 0.15) is 5.69 Å². The first kappa shape index (κ1) is 14.9. The van der Waals surface area contributed by atoms with Gasteiger partial charge in [0.2, 0.25) is 0 Å². The van der Waals surface area contributed by atoms with Gasteiger partial charge < -0.3 is 4.74 Å². The van der Waals surface area contributed by atoms with Crippen LogP contribution in [0.4, 0.5) is 0 Å². The summed E-state index contributed by atoms with van der Waals surface area (Å²) < 4.78 is 5.58. The van der Waals surface area contributed by atoms with Crippen molar-refractivity contribution >= 4 is 5.91 Å². The van der Waals surface area contributed by atoms with E-state index in [1.165, 1.54) is 0 Å². The molecule has 110 valence electrons. The molecule has 20 heavy (non-hydrogen) atoms. The SMILES string of the molecule is COC1(C)CCCN(Cc2cccc(C(=O)NN)n2)C1. The number of nitrogen functional groups attached to an aromatic ring is 1. The lowest BCUT2D eigenvalue weighted by Gasteiger charge is -2.39. The van der Waals surface area contributed by atoms with E-state index in [4.69, 9.17) is 10.6 Å². The maximum atomic E-state index is 11.5. The molecule has 1 unspecified atom stereocenters. The van der Waals surface area contributed by atoms with E-state index < -0.39 is 0 Å². The molecule has 1 aromatic rings. The fraction of sp³-hybridized carbons (Fsp3) is 0.571. The predicted molar refractivity (Wildman–Crippen MR) is 75.8 cm³/mol. The van der Waals surface area contributed by atoms with Gasteiger partial charge in [0.05, 0.1) is 11.3 Å². The van der Waals surface area contributed by atoms with Crippen molar-refractivity contribution in [2.45, 2.75) is 31.9 Å². The lowest BCUT2D eigenvalue weighted by molar-refractivity contribution is -0.0529. The second-order valence-electron chi connectivity index (χ2n) is 5.46. The fourth-order valence-electron chi connectivity index (χ4n) is 2.61. The summed E-state index contributed by atoms with van der Waals surface area (Å²) >= 11 is 0. The molecule has 1 aliphatic heterocycles. The summed E-state index contributed by atoms with van der Waals surface area (Å²) in [7, 11) is 1.76. The molecule has 1 saturated heterocycles. The van der Waals surface area contributed by atoms with E-state index in [0.29, 0.717) is 12.2 Å². The molecule has 0 aromatic carbocycles. The molecule has 6 heteroatoms. The number of pyridine rings is 1. The Balaban J connectivity index is 2.04. The Bertz CT molecular complexity index is 480. The number of likely N-dealkylation sites (tertiary alicyclic amines) is 1. The number of carbonyl (C=O) groups is 1. The lowest BCUT2D eigenvalue weighted by atomic mass is 9.94. The number of ether oxygens (including phenoxy) is 1. The Morgan fingerprint density at radius 3 is 3.10 bits per heavy atom. The number of piperidine rings is 1. The molecule has 0 aliphatic carbocycles. The molecule has 0 bridgehead atoms. The van der Waals surface area contributed by atoms with Crippen molar-refractivity contribution in [2.75, 3.05) is 20.2 Å². The average molecular weight is 278 g/mol. The number of hydrogen-bond acceptors (Lipinski definition) is 5. The molecule has 0 spiro atoms. The van der Waals surface area contributed by atoms with E-state index in [9.17, 15) is 4.79 Å². The molecule has 0 saturated carbocycles. The smallest absolute Gasteiger partial charge is 0.283 e. The zero-order valence-electron chi connectivity index (χ0n) is 12.1. The van der Waals surface area contributed by atoms with Crippen molar-refractivity contribution in [1.82, 2.24) is 15.3 Å². The minimum atomic E-state index is -0.368. The zero-order chi connectivity index (χ0) is 14.6. The largest absolute Gasteiger partial charge is 0.377 e. The maximum absolute atomic E-state index is 11.5. The van der Waals surface area contributed by atoms with Crippen LogP contribution in [0, 0.1) is 0 Å². The third kappa shape index (κ3) is 3.53. The highest BCUT2D eigenvalue weighted by molar-refractivity contribution is 5.91.